The van der Waals surface area contributed by atoms with Gasteiger partial charge in [0, 0.05) is 23.7 Å². The summed E-state index contributed by atoms with van der Waals surface area (Å²) in [6.45, 7) is 6.80. The number of aromatic nitrogens is 3. The van der Waals surface area contributed by atoms with E-state index in [1.807, 2.05) is 0 Å². The fourth-order valence-corrected chi connectivity index (χ4v) is 3.11. The second-order valence-corrected chi connectivity index (χ2v) is 8.35. The Bertz CT molecular complexity index is 1180. The summed E-state index contributed by atoms with van der Waals surface area (Å²) < 4.78 is 6.78. The lowest BCUT2D eigenvalue weighted by Gasteiger charge is -2.21. The van der Waals surface area contributed by atoms with Crippen LogP contribution in [0, 0.1) is 0 Å². The molecule has 1 aromatic carbocycles. The molecule has 0 saturated carbocycles. The van der Waals surface area contributed by atoms with Crippen LogP contribution in [0.25, 0.3) is 22.3 Å². The Kier molecular flexibility index (Phi) is 6.15. The second-order valence-electron chi connectivity index (χ2n) is 8.35. The van der Waals surface area contributed by atoms with Crippen molar-refractivity contribution in [1.82, 2.24) is 19.9 Å². The lowest BCUT2D eigenvalue weighted by Crippen LogP contribution is -2.43. The maximum absolute atomic E-state index is 12.4. The van der Waals surface area contributed by atoms with E-state index in [4.69, 9.17) is 10.5 Å². The first-order valence-electron chi connectivity index (χ1n) is 9.97. The van der Waals surface area contributed by atoms with E-state index in [2.05, 4.69) is 20.6 Å². The van der Waals surface area contributed by atoms with E-state index < -0.39 is 23.6 Å². The molecular formula is C22H26N6O4. The van der Waals surface area contributed by atoms with Gasteiger partial charge < -0.3 is 25.7 Å². The van der Waals surface area contributed by atoms with Gasteiger partial charge in [-0.15, -0.1) is 0 Å². The molecule has 3 aromatic rings. The number of hydrogen-bond donors (Lipinski definition) is 3. The fourth-order valence-electron chi connectivity index (χ4n) is 3.11. The summed E-state index contributed by atoms with van der Waals surface area (Å²) in [5.74, 6) is -0.939. The summed E-state index contributed by atoms with van der Waals surface area (Å²) in [6, 6.07) is 7.90. The predicted octanol–water partition coefficient (Wildman–Crippen LogP) is 2.59. The molecule has 0 saturated heterocycles. The summed E-state index contributed by atoms with van der Waals surface area (Å²) in [5.41, 5.74) is 7.66. The van der Waals surface area contributed by atoms with E-state index in [1.165, 1.54) is 6.33 Å². The lowest BCUT2D eigenvalue weighted by atomic mass is 10.1. The van der Waals surface area contributed by atoms with E-state index in [1.54, 1.807) is 69.6 Å². The van der Waals surface area contributed by atoms with Gasteiger partial charge in [0.2, 0.25) is 5.91 Å². The minimum absolute atomic E-state index is 0.331. The zero-order valence-electron chi connectivity index (χ0n) is 18.6. The number of rotatable bonds is 5. The molecule has 0 fully saturated rings. The predicted molar refractivity (Wildman–Crippen MR) is 120 cm³/mol. The van der Waals surface area contributed by atoms with Gasteiger partial charge in [-0.25, -0.2) is 14.8 Å². The monoisotopic (exact) mass is 438 g/mol. The molecule has 168 valence electrons. The molecule has 0 aliphatic heterocycles. The summed E-state index contributed by atoms with van der Waals surface area (Å²) in [7, 11) is 1.71. The maximum atomic E-state index is 12.4. The van der Waals surface area contributed by atoms with Crippen molar-refractivity contribution in [3.63, 3.8) is 0 Å². The van der Waals surface area contributed by atoms with E-state index in [0.29, 0.717) is 28.1 Å². The third kappa shape index (κ3) is 5.02. The Labute approximate surface area is 185 Å². The number of alkyl carbamates (subject to hydrolysis) is 1. The quantitative estimate of drug-likeness (QED) is 0.559. The molecule has 0 aliphatic carbocycles. The topological polar surface area (TPSA) is 141 Å². The third-order valence-corrected chi connectivity index (χ3v) is 4.63. The number of nitrogens with zero attached hydrogens (tertiary/aromatic N) is 3. The number of nitrogens with one attached hydrogen (secondary N) is 2. The van der Waals surface area contributed by atoms with Gasteiger partial charge in [-0.05, 0) is 45.9 Å². The number of anilines is 1. The van der Waals surface area contributed by atoms with Gasteiger partial charge in [0.05, 0.1) is 5.69 Å². The third-order valence-electron chi connectivity index (χ3n) is 4.63. The first kappa shape index (κ1) is 22.7. The summed E-state index contributed by atoms with van der Waals surface area (Å²) in [6.07, 6.45) is 0.753. The maximum Gasteiger partial charge on any atom is 0.408 e. The van der Waals surface area contributed by atoms with Gasteiger partial charge in [0.15, 0.2) is 0 Å². The Morgan fingerprint density at radius 2 is 1.78 bits per heavy atom. The van der Waals surface area contributed by atoms with Gasteiger partial charge in [0.25, 0.3) is 5.91 Å². The average Bonchev–Trinajstić information content (AvgIpc) is 3.04. The van der Waals surface area contributed by atoms with Crippen LogP contribution in [-0.2, 0) is 16.6 Å². The highest BCUT2D eigenvalue weighted by atomic mass is 16.6. The van der Waals surface area contributed by atoms with Crippen molar-refractivity contribution in [2.75, 3.05) is 5.32 Å². The lowest BCUT2D eigenvalue weighted by molar-refractivity contribution is -0.117. The molecule has 2 heterocycles. The van der Waals surface area contributed by atoms with E-state index in [9.17, 15) is 14.4 Å². The van der Waals surface area contributed by atoms with Crippen molar-refractivity contribution in [2.45, 2.75) is 39.3 Å². The first-order chi connectivity index (χ1) is 15.0. The van der Waals surface area contributed by atoms with Crippen molar-refractivity contribution >= 4 is 34.6 Å². The molecule has 3 rings (SSSR count). The number of nitrogens with two attached hydrogens (primary N) is 1. The van der Waals surface area contributed by atoms with Crippen molar-refractivity contribution in [3.8, 4) is 11.3 Å². The van der Waals surface area contributed by atoms with Crippen molar-refractivity contribution in [1.29, 1.82) is 0 Å². The van der Waals surface area contributed by atoms with Gasteiger partial charge in [0.1, 0.15) is 29.3 Å². The highest BCUT2D eigenvalue weighted by Gasteiger charge is 2.21. The molecule has 0 unspecified atom stereocenters. The summed E-state index contributed by atoms with van der Waals surface area (Å²) in [5, 5.41) is 5.94. The fraction of sp³-hybridized carbons (Fsp3) is 0.318. The zero-order chi connectivity index (χ0) is 23.6. The van der Waals surface area contributed by atoms with Gasteiger partial charge >= 0.3 is 6.09 Å². The Hall–Kier alpha value is -3.95. The normalized spacial score (nSPS) is 12.3. The molecule has 0 radical (unpaired) electrons. The molecular weight excluding hydrogens is 412 g/mol. The van der Waals surface area contributed by atoms with Crippen molar-refractivity contribution in [2.24, 2.45) is 12.8 Å². The van der Waals surface area contributed by atoms with Crippen LogP contribution >= 0.6 is 0 Å². The number of carbonyl (C=O) groups excluding carboxylic acids is 3. The number of aryl methyl sites for hydroxylation is 1. The molecule has 1 atom stereocenters. The van der Waals surface area contributed by atoms with Crippen LogP contribution < -0.4 is 16.4 Å². The van der Waals surface area contributed by atoms with Crippen molar-refractivity contribution in [3.05, 3.63) is 42.4 Å². The second kappa shape index (κ2) is 8.66. The molecule has 4 N–H and O–H groups in total. The first-order valence-corrected chi connectivity index (χ1v) is 9.97. The van der Waals surface area contributed by atoms with E-state index in [-0.39, 0.29) is 5.91 Å². The molecule has 0 aliphatic rings. The highest BCUT2D eigenvalue weighted by Crippen LogP contribution is 2.28. The largest absolute Gasteiger partial charge is 0.444 e. The van der Waals surface area contributed by atoms with E-state index >= 15 is 0 Å². The molecule has 32 heavy (non-hydrogen) atoms. The number of carbonyl (C=O) groups is 3. The molecule has 0 bridgehead atoms. The van der Waals surface area contributed by atoms with Crippen LogP contribution in [0.2, 0.25) is 0 Å². The molecule has 2 aromatic heterocycles. The smallest absolute Gasteiger partial charge is 0.408 e. The number of amides is 3. The molecule has 0 spiro atoms. The molecule has 10 nitrogen and oxygen atoms in total. The van der Waals surface area contributed by atoms with Crippen LogP contribution in [0.15, 0.2) is 36.7 Å². The summed E-state index contributed by atoms with van der Waals surface area (Å²) in [4.78, 5) is 44.5. The number of ether oxygens (including phenoxy) is 1. The standard InChI is InChI=1S/C22H26N6O4/c1-12(26-21(31)32-22(2,3)4)20(30)27-14-8-6-13(7-9-14)17-15-10-16(18(23)29)28(5)19(15)25-11-24-17/h6-12H,1-5H3,(H2,23,29)(H,26,31)(H,27,30)/t12-/m0/s1. The van der Waals surface area contributed by atoms with Crippen LogP contribution in [0.5, 0.6) is 0 Å². The number of hydrogen-bond acceptors (Lipinski definition) is 6. The number of primary amides is 1. The Balaban J connectivity index is 1.74. The van der Waals surface area contributed by atoms with Crippen LogP contribution in [-0.4, -0.2) is 44.1 Å². The Morgan fingerprint density at radius 1 is 1.12 bits per heavy atom. The molecule has 10 heteroatoms. The van der Waals surface area contributed by atoms with Crippen LogP contribution in [0.3, 0.4) is 0 Å². The van der Waals surface area contributed by atoms with Gasteiger partial charge in [-0.1, -0.05) is 12.1 Å². The highest BCUT2D eigenvalue weighted by molar-refractivity contribution is 6.01. The minimum Gasteiger partial charge on any atom is -0.444 e. The molecule has 3 amide bonds. The summed E-state index contributed by atoms with van der Waals surface area (Å²) >= 11 is 0. The van der Waals surface area contributed by atoms with Crippen LogP contribution in [0.4, 0.5) is 10.5 Å². The van der Waals surface area contributed by atoms with E-state index in [0.717, 1.165) is 5.56 Å². The van der Waals surface area contributed by atoms with Gasteiger partial charge in [-0.3, -0.25) is 9.59 Å². The van der Waals surface area contributed by atoms with Gasteiger partial charge in [-0.2, -0.15) is 0 Å². The number of fused-ring (bicyclic) bond motifs is 1. The van der Waals surface area contributed by atoms with Crippen molar-refractivity contribution < 1.29 is 19.1 Å². The minimum atomic E-state index is -0.789. The van der Waals surface area contributed by atoms with Crippen LogP contribution in [0.1, 0.15) is 38.2 Å². The zero-order valence-corrected chi connectivity index (χ0v) is 18.6. The number of benzene rings is 1. The average molecular weight is 438 g/mol. The SMILES string of the molecule is C[C@H](NC(=O)OC(C)(C)C)C(=O)Nc1ccc(-c2ncnc3c2cc(C(N)=O)n3C)cc1. The Morgan fingerprint density at radius 3 is 2.38 bits per heavy atom.